The van der Waals surface area contributed by atoms with Gasteiger partial charge in [-0.25, -0.2) is 4.79 Å². The predicted octanol–water partition coefficient (Wildman–Crippen LogP) is 2.43. The van der Waals surface area contributed by atoms with E-state index in [1.54, 1.807) is 17.7 Å². The standard InChI is InChI=1S/C30H37N5O5/c1-31-27(20-28(36)32(2)30(31)38)34-14-6-12-33(16-17-34)13-7-15-35-24-9-5-4-8-23(24)21-40-26-11-10-22(18-25(26)35)19-29(37)39-3/h4-5,8-11,18,20H,6-7,12-17,19,21H2,1-3H3. The highest BCUT2D eigenvalue weighted by Gasteiger charge is 2.23. The lowest BCUT2D eigenvalue weighted by atomic mass is 10.1. The number of hydrogen-bond acceptors (Lipinski definition) is 8. The number of anilines is 3. The second-order valence-corrected chi connectivity index (χ2v) is 10.4. The molecule has 0 aliphatic carbocycles. The van der Waals surface area contributed by atoms with Gasteiger partial charge in [-0.05, 0) is 49.7 Å². The summed E-state index contributed by atoms with van der Waals surface area (Å²) in [6.07, 6.45) is 2.09. The summed E-state index contributed by atoms with van der Waals surface area (Å²) in [6, 6.07) is 15.7. The van der Waals surface area contributed by atoms with Crippen molar-refractivity contribution in [3.8, 4) is 5.75 Å². The van der Waals surface area contributed by atoms with E-state index in [1.807, 2.05) is 30.3 Å². The van der Waals surface area contributed by atoms with Crippen LogP contribution in [0.15, 0.2) is 58.1 Å². The molecule has 0 atom stereocenters. The molecule has 2 aromatic carbocycles. The smallest absolute Gasteiger partial charge is 0.332 e. The van der Waals surface area contributed by atoms with Crippen molar-refractivity contribution in [3.63, 3.8) is 0 Å². The molecule has 212 valence electrons. The summed E-state index contributed by atoms with van der Waals surface area (Å²) in [7, 11) is 4.63. The summed E-state index contributed by atoms with van der Waals surface area (Å²) < 4.78 is 13.7. The van der Waals surface area contributed by atoms with Crippen LogP contribution in [0.2, 0.25) is 0 Å². The first-order valence-corrected chi connectivity index (χ1v) is 13.8. The second kappa shape index (κ2) is 12.0. The highest BCUT2D eigenvalue weighted by atomic mass is 16.5. The van der Waals surface area contributed by atoms with Gasteiger partial charge < -0.3 is 24.2 Å². The Morgan fingerprint density at radius 1 is 0.925 bits per heavy atom. The number of hydrogen-bond donors (Lipinski definition) is 0. The lowest BCUT2D eigenvalue weighted by Gasteiger charge is -2.28. The molecule has 3 aromatic rings. The number of carbonyl (C=O) groups excluding carboxylic acids is 1. The van der Waals surface area contributed by atoms with Crippen molar-refractivity contribution in [2.24, 2.45) is 14.1 Å². The van der Waals surface area contributed by atoms with E-state index >= 15 is 0 Å². The van der Waals surface area contributed by atoms with Gasteiger partial charge in [-0.3, -0.25) is 18.7 Å². The average molecular weight is 548 g/mol. The maximum Gasteiger partial charge on any atom is 0.332 e. The van der Waals surface area contributed by atoms with Gasteiger partial charge in [0.1, 0.15) is 18.2 Å². The van der Waals surface area contributed by atoms with Crippen molar-refractivity contribution in [1.29, 1.82) is 0 Å². The van der Waals surface area contributed by atoms with Gasteiger partial charge in [-0.15, -0.1) is 0 Å². The maximum atomic E-state index is 12.4. The number of para-hydroxylation sites is 1. The number of nitrogens with zero attached hydrogens (tertiary/aromatic N) is 5. The Balaban J connectivity index is 1.29. The molecule has 0 amide bonds. The molecule has 0 bridgehead atoms. The molecule has 1 saturated heterocycles. The van der Waals surface area contributed by atoms with Gasteiger partial charge in [0.05, 0.1) is 19.2 Å². The minimum absolute atomic E-state index is 0.211. The first-order valence-electron chi connectivity index (χ1n) is 13.8. The van der Waals surface area contributed by atoms with Crippen molar-refractivity contribution in [2.75, 3.05) is 56.2 Å². The largest absolute Gasteiger partial charge is 0.487 e. The Labute approximate surface area is 233 Å². The highest BCUT2D eigenvalue weighted by molar-refractivity contribution is 5.76. The zero-order valence-electron chi connectivity index (χ0n) is 23.5. The van der Waals surface area contributed by atoms with Crippen molar-refractivity contribution in [1.82, 2.24) is 14.0 Å². The monoisotopic (exact) mass is 547 g/mol. The molecule has 5 rings (SSSR count). The van der Waals surface area contributed by atoms with Crippen LogP contribution in [0.3, 0.4) is 0 Å². The van der Waals surface area contributed by atoms with Gasteiger partial charge >= 0.3 is 11.7 Å². The molecule has 1 aromatic heterocycles. The topological polar surface area (TPSA) is 89.3 Å². The molecular formula is C30H37N5O5. The predicted molar refractivity (Wildman–Crippen MR) is 155 cm³/mol. The average Bonchev–Trinajstić information content (AvgIpc) is 3.29. The fourth-order valence-corrected chi connectivity index (χ4v) is 5.57. The van der Waals surface area contributed by atoms with Crippen LogP contribution < -0.4 is 25.8 Å². The fraction of sp³-hybridized carbons (Fsp3) is 0.433. The van der Waals surface area contributed by atoms with Gasteiger partial charge in [0, 0.05) is 57.6 Å². The molecule has 0 saturated carbocycles. The molecule has 3 heterocycles. The summed E-state index contributed by atoms with van der Waals surface area (Å²) in [4.78, 5) is 43.5. The fourth-order valence-electron chi connectivity index (χ4n) is 5.57. The molecule has 2 aliphatic heterocycles. The van der Waals surface area contributed by atoms with E-state index in [1.165, 1.54) is 14.2 Å². The number of rotatable bonds is 7. The molecule has 0 unspecified atom stereocenters. The quantitative estimate of drug-likeness (QED) is 0.417. The van der Waals surface area contributed by atoms with Crippen molar-refractivity contribution in [3.05, 3.63) is 80.5 Å². The Morgan fingerprint density at radius 3 is 2.58 bits per heavy atom. The number of aromatic nitrogens is 2. The Morgan fingerprint density at radius 2 is 1.75 bits per heavy atom. The van der Waals surface area contributed by atoms with Gasteiger partial charge in [0.2, 0.25) is 0 Å². The van der Waals surface area contributed by atoms with Crippen LogP contribution in [0.25, 0.3) is 0 Å². The summed E-state index contributed by atoms with van der Waals surface area (Å²) >= 11 is 0. The number of carbonyl (C=O) groups is 1. The third-order valence-corrected chi connectivity index (χ3v) is 7.83. The summed E-state index contributed by atoms with van der Waals surface area (Å²) in [5.41, 5.74) is 3.50. The Hall–Kier alpha value is -4.05. The van der Waals surface area contributed by atoms with Crippen LogP contribution in [0.4, 0.5) is 17.2 Å². The maximum absolute atomic E-state index is 12.4. The van der Waals surface area contributed by atoms with E-state index in [-0.39, 0.29) is 23.6 Å². The first-order chi connectivity index (χ1) is 19.4. The van der Waals surface area contributed by atoms with E-state index in [9.17, 15) is 14.4 Å². The number of benzene rings is 2. The lowest BCUT2D eigenvalue weighted by molar-refractivity contribution is -0.139. The van der Waals surface area contributed by atoms with Crippen LogP contribution in [0, 0.1) is 0 Å². The zero-order chi connectivity index (χ0) is 28.2. The van der Waals surface area contributed by atoms with Crippen molar-refractivity contribution >= 4 is 23.2 Å². The number of ether oxygens (including phenoxy) is 2. The summed E-state index contributed by atoms with van der Waals surface area (Å²) in [5, 5.41) is 0. The minimum atomic E-state index is -0.305. The van der Waals surface area contributed by atoms with E-state index in [2.05, 4.69) is 26.8 Å². The van der Waals surface area contributed by atoms with Gasteiger partial charge in [-0.2, -0.15) is 0 Å². The minimum Gasteiger partial charge on any atom is -0.487 e. The van der Waals surface area contributed by atoms with Crippen LogP contribution in [-0.4, -0.2) is 66.4 Å². The van der Waals surface area contributed by atoms with Crippen LogP contribution in [-0.2, 0) is 36.7 Å². The van der Waals surface area contributed by atoms with E-state index in [4.69, 9.17) is 9.47 Å². The lowest BCUT2D eigenvalue weighted by Crippen LogP contribution is -2.41. The van der Waals surface area contributed by atoms with Crippen LogP contribution >= 0.6 is 0 Å². The number of fused-ring (bicyclic) bond motifs is 2. The van der Waals surface area contributed by atoms with Crippen molar-refractivity contribution in [2.45, 2.75) is 25.9 Å². The SMILES string of the molecule is COC(=O)Cc1ccc2c(c1)N(CCCN1CCCN(c3cc(=O)n(C)c(=O)n3C)CC1)c1ccccc1CO2. The van der Waals surface area contributed by atoms with Crippen molar-refractivity contribution < 1.29 is 14.3 Å². The molecule has 10 nitrogen and oxygen atoms in total. The first kappa shape index (κ1) is 27.5. The molecule has 0 radical (unpaired) electrons. The zero-order valence-corrected chi connectivity index (χ0v) is 23.5. The Kier molecular flexibility index (Phi) is 8.25. The van der Waals surface area contributed by atoms with Gasteiger partial charge in [0.25, 0.3) is 5.56 Å². The third kappa shape index (κ3) is 5.77. The second-order valence-electron chi connectivity index (χ2n) is 10.4. The van der Waals surface area contributed by atoms with E-state index < -0.39 is 0 Å². The number of methoxy groups -OCH3 is 1. The van der Waals surface area contributed by atoms with Gasteiger partial charge in [-0.1, -0.05) is 24.3 Å². The molecule has 0 spiro atoms. The normalized spacial score (nSPS) is 15.5. The molecule has 40 heavy (non-hydrogen) atoms. The Bertz CT molecular complexity index is 1500. The molecular weight excluding hydrogens is 510 g/mol. The van der Waals surface area contributed by atoms with Crippen LogP contribution in [0.1, 0.15) is 24.0 Å². The van der Waals surface area contributed by atoms with Crippen LogP contribution in [0.5, 0.6) is 5.75 Å². The van der Waals surface area contributed by atoms with E-state index in [0.717, 1.165) is 84.9 Å². The number of esters is 1. The highest BCUT2D eigenvalue weighted by Crippen LogP contribution is 2.40. The third-order valence-electron chi connectivity index (χ3n) is 7.83. The molecule has 0 N–H and O–H groups in total. The van der Waals surface area contributed by atoms with Gasteiger partial charge in [0.15, 0.2) is 0 Å². The van der Waals surface area contributed by atoms with E-state index in [0.29, 0.717) is 12.4 Å². The summed E-state index contributed by atoms with van der Waals surface area (Å²) in [6.45, 7) is 5.55. The molecule has 10 heteroatoms. The molecule has 2 aliphatic rings. The molecule has 1 fully saturated rings. The summed E-state index contributed by atoms with van der Waals surface area (Å²) in [5.74, 6) is 1.21.